The Bertz CT molecular complexity index is 274. The van der Waals surface area contributed by atoms with Gasteiger partial charge in [0.05, 0.1) is 12.6 Å². The summed E-state index contributed by atoms with van der Waals surface area (Å²) in [5.41, 5.74) is 2.00. The summed E-state index contributed by atoms with van der Waals surface area (Å²) in [7, 11) is 0. The molecular formula is C9H16N4O3. The summed E-state index contributed by atoms with van der Waals surface area (Å²) < 4.78 is 5.36. The van der Waals surface area contributed by atoms with Crippen LogP contribution in [0.25, 0.3) is 0 Å². The van der Waals surface area contributed by atoms with E-state index in [1.54, 1.807) is 6.08 Å². The van der Waals surface area contributed by atoms with Crippen LogP contribution in [-0.4, -0.2) is 36.8 Å². The van der Waals surface area contributed by atoms with Gasteiger partial charge in [-0.2, -0.15) is 0 Å². The molecule has 2 N–H and O–H groups in total. The smallest absolute Gasteiger partial charge is 0.254 e. The van der Waals surface area contributed by atoms with E-state index in [0.717, 1.165) is 19.4 Å². The Morgan fingerprint density at radius 3 is 3.12 bits per heavy atom. The first-order chi connectivity index (χ1) is 7.72. The summed E-state index contributed by atoms with van der Waals surface area (Å²) in [5, 5.41) is 12.4. The first-order valence-electron chi connectivity index (χ1n) is 5.14. The van der Waals surface area contributed by atoms with Crippen LogP contribution in [0.5, 0.6) is 0 Å². The van der Waals surface area contributed by atoms with Crippen LogP contribution in [0.1, 0.15) is 12.8 Å². The lowest BCUT2D eigenvalue weighted by Gasteiger charge is -2.08. The van der Waals surface area contributed by atoms with Gasteiger partial charge in [0.1, 0.15) is 0 Å². The van der Waals surface area contributed by atoms with Crippen molar-refractivity contribution in [1.82, 2.24) is 10.7 Å². The highest BCUT2D eigenvalue weighted by Crippen LogP contribution is 2.11. The second-order valence-electron chi connectivity index (χ2n) is 3.36. The molecule has 0 aromatic rings. The lowest BCUT2D eigenvalue weighted by molar-refractivity contribution is -0.525. The van der Waals surface area contributed by atoms with Gasteiger partial charge in [0.15, 0.2) is 5.03 Å². The van der Waals surface area contributed by atoms with Crippen molar-refractivity contribution in [2.24, 2.45) is 4.99 Å². The number of hydrogen-bond acceptors (Lipinski definition) is 4. The van der Waals surface area contributed by atoms with Crippen LogP contribution >= 0.6 is 0 Å². The summed E-state index contributed by atoms with van der Waals surface area (Å²) in [4.78, 5) is 14.3. The second-order valence-corrected chi connectivity index (χ2v) is 3.36. The van der Waals surface area contributed by atoms with Gasteiger partial charge in [-0.1, -0.05) is 11.5 Å². The maximum atomic E-state index is 10.3. The third kappa shape index (κ3) is 4.74. The molecule has 0 amide bonds. The van der Waals surface area contributed by atoms with Gasteiger partial charge in [-0.15, -0.1) is 6.58 Å². The molecule has 7 heteroatoms. The fourth-order valence-electron chi connectivity index (χ4n) is 1.37. The molecule has 90 valence electrons. The molecule has 0 bridgehead atoms. The maximum Gasteiger partial charge on any atom is 0.254 e. The van der Waals surface area contributed by atoms with Crippen molar-refractivity contribution in [2.45, 2.75) is 18.9 Å². The molecule has 1 aliphatic rings. The summed E-state index contributed by atoms with van der Waals surface area (Å²) in [5.74, 6) is 0.139. The van der Waals surface area contributed by atoms with Crippen molar-refractivity contribution in [2.75, 3.05) is 19.7 Å². The molecule has 0 spiro atoms. The number of aliphatic imine (C=N–C) groups is 1. The highest BCUT2D eigenvalue weighted by atomic mass is 16.7. The zero-order valence-corrected chi connectivity index (χ0v) is 9.02. The number of rotatable bonds is 5. The third-order valence-corrected chi connectivity index (χ3v) is 2.09. The fraction of sp³-hybridized carbons (Fsp3) is 0.667. The van der Waals surface area contributed by atoms with Crippen molar-refractivity contribution < 1.29 is 9.77 Å². The van der Waals surface area contributed by atoms with Crippen LogP contribution in [0.4, 0.5) is 0 Å². The van der Waals surface area contributed by atoms with E-state index in [1.807, 2.05) is 5.43 Å². The molecule has 1 atom stereocenters. The third-order valence-electron chi connectivity index (χ3n) is 2.09. The minimum atomic E-state index is -0.648. The number of hydrogen-bond donors (Lipinski definition) is 2. The van der Waals surface area contributed by atoms with Gasteiger partial charge in [-0.3, -0.25) is 0 Å². The molecular weight excluding hydrogens is 212 g/mol. The molecule has 1 rings (SSSR count). The average molecular weight is 228 g/mol. The minimum Gasteiger partial charge on any atom is -0.376 e. The lowest BCUT2D eigenvalue weighted by Crippen LogP contribution is -2.41. The highest BCUT2D eigenvalue weighted by Gasteiger charge is 2.15. The van der Waals surface area contributed by atoms with E-state index in [-0.39, 0.29) is 12.1 Å². The minimum absolute atomic E-state index is 0.0779. The van der Waals surface area contributed by atoms with Crippen molar-refractivity contribution in [3.63, 3.8) is 0 Å². The first kappa shape index (κ1) is 12.4. The van der Waals surface area contributed by atoms with Gasteiger partial charge < -0.3 is 10.1 Å². The van der Waals surface area contributed by atoms with Crippen molar-refractivity contribution in [3.05, 3.63) is 22.8 Å². The summed E-state index contributed by atoms with van der Waals surface area (Å²) in [6.07, 6.45) is 3.66. The van der Waals surface area contributed by atoms with Gasteiger partial charge in [0.25, 0.3) is 5.96 Å². The molecule has 0 radical (unpaired) electrons. The Hall–Kier alpha value is -1.63. The molecule has 0 saturated carbocycles. The number of ether oxygens (including phenoxy) is 1. The molecule has 1 fully saturated rings. The van der Waals surface area contributed by atoms with Crippen molar-refractivity contribution in [3.8, 4) is 0 Å². The highest BCUT2D eigenvalue weighted by molar-refractivity contribution is 5.78. The number of guanidine groups is 1. The number of hydrazine groups is 1. The molecule has 1 unspecified atom stereocenters. The normalized spacial score (nSPS) is 20.5. The molecule has 1 aliphatic heterocycles. The Balaban J connectivity index is 2.41. The second kappa shape index (κ2) is 6.78. The Kier molecular flexibility index (Phi) is 5.27. The van der Waals surface area contributed by atoms with E-state index in [1.165, 1.54) is 0 Å². The topological polar surface area (TPSA) is 88.8 Å². The summed E-state index contributed by atoms with van der Waals surface area (Å²) in [6.45, 7) is 5.11. The predicted molar refractivity (Wildman–Crippen MR) is 59.6 cm³/mol. The Morgan fingerprint density at radius 2 is 2.56 bits per heavy atom. The standard InChI is InChI=1S/C9H16N4O3/c1-2-5-10-9(12-13(14)15)11-7-8-4-3-6-16-8/h2,8H,1,3-7H2,(H2,10,11,12). The maximum absolute atomic E-state index is 10.3. The van der Waals surface area contributed by atoms with E-state index < -0.39 is 5.03 Å². The van der Waals surface area contributed by atoms with Gasteiger partial charge in [0.2, 0.25) is 0 Å². The van der Waals surface area contributed by atoms with Crippen LogP contribution in [0, 0.1) is 10.1 Å². The summed E-state index contributed by atoms with van der Waals surface area (Å²) >= 11 is 0. The molecule has 0 aliphatic carbocycles. The van der Waals surface area contributed by atoms with Crippen molar-refractivity contribution in [1.29, 1.82) is 0 Å². The molecule has 7 nitrogen and oxygen atoms in total. The van der Waals surface area contributed by atoms with E-state index in [9.17, 15) is 10.1 Å². The zero-order chi connectivity index (χ0) is 11.8. The van der Waals surface area contributed by atoms with Gasteiger partial charge in [-0.05, 0) is 12.8 Å². The zero-order valence-electron chi connectivity index (χ0n) is 9.02. The Morgan fingerprint density at radius 1 is 1.75 bits per heavy atom. The number of nitrogens with zero attached hydrogens (tertiary/aromatic N) is 2. The van der Waals surface area contributed by atoms with Crippen LogP contribution in [0.15, 0.2) is 17.6 Å². The predicted octanol–water partition coefficient (Wildman–Crippen LogP) is 0.0783. The Labute approximate surface area is 93.7 Å². The number of nitro groups is 1. The van der Waals surface area contributed by atoms with E-state index >= 15 is 0 Å². The monoisotopic (exact) mass is 228 g/mol. The van der Waals surface area contributed by atoms with E-state index in [0.29, 0.717) is 13.1 Å². The van der Waals surface area contributed by atoms with E-state index in [2.05, 4.69) is 16.9 Å². The quantitative estimate of drug-likeness (QED) is 0.229. The van der Waals surface area contributed by atoms with E-state index in [4.69, 9.17) is 4.74 Å². The summed E-state index contributed by atoms with van der Waals surface area (Å²) in [6, 6.07) is 0. The van der Waals surface area contributed by atoms with Gasteiger partial charge in [-0.25, -0.2) is 15.1 Å². The average Bonchev–Trinajstić information content (AvgIpc) is 2.74. The first-order valence-corrected chi connectivity index (χ1v) is 5.14. The van der Waals surface area contributed by atoms with Crippen molar-refractivity contribution >= 4 is 5.96 Å². The molecule has 0 aromatic heterocycles. The number of nitrogens with one attached hydrogen (secondary N) is 2. The van der Waals surface area contributed by atoms with Crippen LogP contribution in [0.3, 0.4) is 0 Å². The molecule has 1 saturated heterocycles. The lowest BCUT2D eigenvalue weighted by atomic mass is 10.2. The largest absolute Gasteiger partial charge is 0.376 e. The van der Waals surface area contributed by atoms with Crippen LogP contribution < -0.4 is 10.7 Å². The van der Waals surface area contributed by atoms with Gasteiger partial charge >= 0.3 is 0 Å². The van der Waals surface area contributed by atoms with Crippen LogP contribution in [-0.2, 0) is 4.74 Å². The SMILES string of the molecule is C=CCNC(=NCC1CCCO1)N[N+](=O)[O-]. The fourth-order valence-corrected chi connectivity index (χ4v) is 1.37. The molecule has 0 aromatic carbocycles. The molecule has 16 heavy (non-hydrogen) atoms. The van der Waals surface area contributed by atoms with Gasteiger partial charge in [0, 0.05) is 13.2 Å². The van der Waals surface area contributed by atoms with Crippen LogP contribution in [0.2, 0.25) is 0 Å². The molecule has 1 heterocycles.